The Morgan fingerprint density at radius 2 is 2.00 bits per heavy atom. The summed E-state index contributed by atoms with van der Waals surface area (Å²) in [5.41, 5.74) is 0.349. The Morgan fingerprint density at radius 1 is 1.33 bits per heavy atom. The number of carboxylic acids is 1. The largest absolute Gasteiger partial charge is 0.478 e. The molecule has 0 aliphatic heterocycles. The van der Waals surface area contributed by atoms with Crippen LogP contribution in [0, 0.1) is 0 Å². The van der Waals surface area contributed by atoms with Crippen molar-refractivity contribution in [3.8, 4) is 0 Å². The highest BCUT2D eigenvalue weighted by Crippen LogP contribution is 1.95. The third-order valence-corrected chi connectivity index (χ3v) is 1.66. The molecular weight excluding hydrogens is 196 g/mol. The maximum atomic E-state index is 10.4. The van der Waals surface area contributed by atoms with Gasteiger partial charge in [0.15, 0.2) is 0 Å². The first kappa shape index (κ1) is 13.9. The van der Waals surface area contributed by atoms with Crippen molar-refractivity contribution < 1.29 is 19.4 Å². The van der Waals surface area contributed by atoms with Crippen LogP contribution in [0.2, 0.25) is 0 Å². The number of hydrogen-bond donors (Lipinski definition) is 1. The van der Waals surface area contributed by atoms with Gasteiger partial charge in [0.2, 0.25) is 0 Å². The zero-order valence-corrected chi connectivity index (χ0v) is 9.07. The Balaban J connectivity index is 3.28. The minimum Gasteiger partial charge on any atom is -0.478 e. The molecule has 0 radical (unpaired) electrons. The van der Waals surface area contributed by atoms with Crippen molar-refractivity contribution in [3.63, 3.8) is 0 Å². The van der Waals surface area contributed by atoms with Crippen molar-refractivity contribution in [3.05, 3.63) is 24.3 Å². The fourth-order valence-electron chi connectivity index (χ4n) is 0.833. The zero-order chi connectivity index (χ0) is 11.5. The summed E-state index contributed by atoms with van der Waals surface area (Å²) in [6.07, 6.45) is 3.94. The van der Waals surface area contributed by atoms with E-state index in [1.54, 1.807) is 19.1 Å². The quantitative estimate of drug-likeness (QED) is 0.360. The first-order valence-electron chi connectivity index (χ1n) is 4.85. The molecule has 1 N–H and O–H groups in total. The first-order valence-corrected chi connectivity index (χ1v) is 4.85. The molecule has 0 aromatic carbocycles. The van der Waals surface area contributed by atoms with Crippen LogP contribution in [0.15, 0.2) is 24.3 Å². The number of carbonyl (C=O) groups is 1. The average molecular weight is 214 g/mol. The molecule has 0 aromatic heterocycles. The molecule has 0 amide bonds. The maximum Gasteiger partial charge on any atom is 0.330 e. The van der Waals surface area contributed by atoms with Crippen LogP contribution in [0.5, 0.6) is 0 Å². The van der Waals surface area contributed by atoms with Crippen molar-refractivity contribution in [2.45, 2.75) is 13.3 Å². The van der Waals surface area contributed by atoms with Crippen molar-refractivity contribution in [2.75, 3.05) is 26.4 Å². The predicted molar refractivity (Wildman–Crippen MR) is 57.8 cm³/mol. The van der Waals surface area contributed by atoms with Gasteiger partial charge in [-0.15, -0.1) is 6.58 Å². The van der Waals surface area contributed by atoms with E-state index in [0.29, 0.717) is 38.4 Å². The molecule has 15 heavy (non-hydrogen) atoms. The molecule has 0 fully saturated rings. The molecule has 4 nitrogen and oxygen atoms in total. The molecule has 0 bridgehead atoms. The van der Waals surface area contributed by atoms with E-state index in [1.807, 2.05) is 0 Å². The molecule has 0 atom stereocenters. The standard InChI is InChI=1S/C11H18O4/c1-3-6-14-8-9-15-7-4-5-10(2)11(12)13/h3,5H,1,4,6-9H2,2H3,(H,12,13). The third-order valence-electron chi connectivity index (χ3n) is 1.66. The molecule has 0 spiro atoms. The van der Waals surface area contributed by atoms with Gasteiger partial charge in [-0.1, -0.05) is 12.2 Å². The van der Waals surface area contributed by atoms with Gasteiger partial charge in [-0.25, -0.2) is 4.79 Å². The van der Waals surface area contributed by atoms with Crippen molar-refractivity contribution in [1.82, 2.24) is 0 Å². The second-order valence-electron chi connectivity index (χ2n) is 2.96. The molecule has 0 aliphatic rings. The third kappa shape index (κ3) is 9.18. The second kappa shape index (κ2) is 9.43. The van der Waals surface area contributed by atoms with Gasteiger partial charge >= 0.3 is 5.97 Å². The summed E-state index contributed by atoms with van der Waals surface area (Å²) < 4.78 is 10.3. The SMILES string of the molecule is C=CCOCCOCCC=C(C)C(=O)O. The van der Waals surface area contributed by atoms with Gasteiger partial charge in [-0.05, 0) is 13.3 Å². The van der Waals surface area contributed by atoms with Crippen LogP contribution < -0.4 is 0 Å². The van der Waals surface area contributed by atoms with Gasteiger partial charge in [-0.2, -0.15) is 0 Å². The van der Waals surface area contributed by atoms with Gasteiger partial charge in [0.1, 0.15) is 0 Å². The topological polar surface area (TPSA) is 55.8 Å². The van der Waals surface area contributed by atoms with Gasteiger partial charge < -0.3 is 14.6 Å². The lowest BCUT2D eigenvalue weighted by Crippen LogP contribution is -2.05. The van der Waals surface area contributed by atoms with Crippen molar-refractivity contribution >= 4 is 5.97 Å². The highest BCUT2D eigenvalue weighted by Gasteiger charge is 1.97. The monoisotopic (exact) mass is 214 g/mol. The normalized spacial score (nSPS) is 11.4. The second-order valence-corrected chi connectivity index (χ2v) is 2.96. The minimum atomic E-state index is -0.885. The fourth-order valence-corrected chi connectivity index (χ4v) is 0.833. The number of ether oxygens (including phenoxy) is 2. The van der Waals surface area contributed by atoms with Gasteiger partial charge in [-0.3, -0.25) is 0 Å². The molecule has 0 aromatic rings. The Bertz CT molecular complexity index is 221. The summed E-state index contributed by atoms with van der Waals surface area (Å²) in [6, 6.07) is 0. The first-order chi connectivity index (χ1) is 7.18. The summed E-state index contributed by atoms with van der Waals surface area (Å²) in [6.45, 7) is 7.18. The fraction of sp³-hybridized carbons (Fsp3) is 0.545. The molecule has 0 unspecified atom stereocenters. The van der Waals surface area contributed by atoms with Crippen molar-refractivity contribution in [1.29, 1.82) is 0 Å². The lowest BCUT2D eigenvalue weighted by Gasteiger charge is -2.02. The number of aliphatic carboxylic acids is 1. The summed E-state index contributed by atoms with van der Waals surface area (Å²) in [7, 11) is 0. The van der Waals surface area contributed by atoms with E-state index in [4.69, 9.17) is 14.6 Å². The van der Waals surface area contributed by atoms with E-state index in [0.717, 1.165) is 0 Å². The van der Waals surface area contributed by atoms with E-state index in [1.165, 1.54) is 0 Å². The Kier molecular flexibility index (Phi) is 8.72. The Labute approximate surface area is 90.2 Å². The van der Waals surface area contributed by atoms with Crippen LogP contribution in [0.3, 0.4) is 0 Å². The minimum absolute atomic E-state index is 0.349. The van der Waals surface area contributed by atoms with Crippen LogP contribution in [-0.4, -0.2) is 37.5 Å². The maximum absolute atomic E-state index is 10.4. The lowest BCUT2D eigenvalue weighted by atomic mass is 10.2. The molecule has 0 rings (SSSR count). The summed E-state index contributed by atoms with van der Waals surface area (Å²) in [4.78, 5) is 10.4. The van der Waals surface area contributed by atoms with Crippen LogP contribution in [0.25, 0.3) is 0 Å². The molecule has 4 heteroatoms. The van der Waals surface area contributed by atoms with Gasteiger partial charge in [0, 0.05) is 5.57 Å². The molecule has 86 valence electrons. The van der Waals surface area contributed by atoms with E-state index < -0.39 is 5.97 Å². The van der Waals surface area contributed by atoms with Crippen LogP contribution in [-0.2, 0) is 14.3 Å². The lowest BCUT2D eigenvalue weighted by molar-refractivity contribution is -0.132. The van der Waals surface area contributed by atoms with E-state index in [2.05, 4.69) is 6.58 Å². The average Bonchev–Trinajstić information content (AvgIpc) is 2.21. The Morgan fingerprint density at radius 3 is 2.60 bits per heavy atom. The summed E-state index contributed by atoms with van der Waals surface area (Å²) >= 11 is 0. The van der Waals surface area contributed by atoms with Gasteiger partial charge in [0.05, 0.1) is 26.4 Å². The van der Waals surface area contributed by atoms with E-state index in [9.17, 15) is 4.79 Å². The predicted octanol–water partition coefficient (Wildman–Crippen LogP) is 1.63. The van der Waals surface area contributed by atoms with E-state index in [-0.39, 0.29) is 0 Å². The number of hydrogen-bond acceptors (Lipinski definition) is 3. The molecule has 0 saturated heterocycles. The highest BCUT2D eigenvalue weighted by molar-refractivity contribution is 5.85. The smallest absolute Gasteiger partial charge is 0.330 e. The highest BCUT2D eigenvalue weighted by atomic mass is 16.5. The van der Waals surface area contributed by atoms with Gasteiger partial charge in [0.25, 0.3) is 0 Å². The van der Waals surface area contributed by atoms with Crippen LogP contribution in [0.1, 0.15) is 13.3 Å². The molecule has 0 saturated carbocycles. The summed E-state index contributed by atoms with van der Waals surface area (Å²) in [5, 5.41) is 8.54. The van der Waals surface area contributed by atoms with Crippen LogP contribution >= 0.6 is 0 Å². The molecule has 0 heterocycles. The Hall–Kier alpha value is -1.13. The van der Waals surface area contributed by atoms with E-state index >= 15 is 0 Å². The molecule has 0 aliphatic carbocycles. The molecular formula is C11H18O4. The summed E-state index contributed by atoms with van der Waals surface area (Å²) in [5.74, 6) is -0.885. The number of rotatable bonds is 9. The van der Waals surface area contributed by atoms with Crippen molar-refractivity contribution in [2.24, 2.45) is 0 Å². The van der Waals surface area contributed by atoms with Crippen LogP contribution in [0.4, 0.5) is 0 Å². The zero-order valence-electron chi connectivity index (χ0n) is 9.07. The number of carboxylic acid groups (broad SMARTS) is 1.